The summed E-state index contributed by atoms with van der Waals surface area (Å²) in [6.45, 7) is 2.66. The summed E-state index contributed by atoms with van der Waals surface area (Å²) in [6.07, 6.45) is 0. The van der Waals surface area contributed by atoms with E-state index >= 15 is 0 Å². The third-order valence-corrected chi connectivity index (χ3v) is 6.15. The molecular weight excluding hydrogens is 341 g/mol. The zero-order valence-corrected chi connectivity index (χ0v) is 14.4. The molecule has 0 bridgehead atoms. The summed E-state index contributed by atoms with van der Waals surface area (Å²) in [4.78, 5) is 2.16. The molecule has 1 heterocycles. The van der Waals surface area contributed by atoms with Crippen LogP contribution in [0.5, 0.6) is 0 Å². The van der Waals surface area contributed by atoms with Crippen LogP contribution in [0, 0.1) is 17.1 Å². The van der Waals surface area contributed by atoms with Gasteiger partial charge in [-0.2, -0.15) is 9.57 Å². The Morgan fingerprint density at radius 2 is 1.72 bits per heavy atom. The molecule has 0 N–H and O–H groups in total. The first-order valence-corrected chi connectivity index (χ1v) is 9.40. The number of piperazine rings is 1. The fourth-order valence-electron chi connectivity index (χ4n) is 2.85. The van der Waals surface area contributed by atoms with Crippen molar-refractivity contribution < 1.29 is 12.8 Å². The largest absolute Gasteiger partial charge is 0.296 e. The number of nitriles is 1. The highest BCUT2D eigenvalue weighted by molar-refractivity contribution is 7.89. The lowest BCUT2D eigenvalue weighted by Crippen LogP contribution is -2.48. The monoisotopic (exact) mass is 359 g/mol. The average molecular weight is 359 g/mol. The lowest BCUT2D eigenvalue weighted by atomic mass is 10.1. The smallest absolute Gasteiger partial charge is 0.243 e. The molecule has 0 atom stereocenters. The van der Waals surface area contributed by atoms with Crippen LogP contribution in [0.4, 0.5) is 4.39 Å². The Hall–Kier alpha value is -2.27. The van der Waals surface area contributed by atoms with E-state index in [0.29, 0.717) is 38.3 Å². The van der Waals surface area contributed by atoms with Crippen molar-refractivity contribution in [2.24, 2.45) is 0 Å². The molecule has 1 fully saturated rings. The normalized spacial score (nSPS) is 16.5. The second-order valence-corrected chi connectivity index (χ2v) is 7.88. The molecule has 3 rings (SSSR count). The molecule has 1 aliphatic rings. The molecule has 0 saturated carbocycles. The van der Waals surface area contributed by atoms with E-state index in [9.17, 15) is 12.8 Å². The summed E-state index contributed by atoms with van der Waals surface area (Å²) in [6, 6.07) is 14.6. The Morgan fingerprint density at radius 1 is 1.04 bits per heavy atom. The van der Waals surface area contributed by atoms with Gasteiger partial charge in [0, 0.05) is 32.7 Å². The van der Waals surface area contributed by atoms with Gasteiger partial charge in [0.25, 0.3) is 0 Å². The van der Waals surface area contributed by atoms with Gasteiger partial charge in [0.05, 0.1) is 16.5 Å². The van der Waals surface area contributed by atoms with Crippen molar-refractivity contribution >= 4 is 10.0 Å². The Morgan fingerprint density at radius 3 is 2.32 bits per heavy atom. The van der Waals surface area contributed by atoms with Crippen LogP contribution in [0.1, 0.15) is 11.1 Å². The topological polar surface area (TPSA) is 64.4 Å². The zero-order valence-electron chi connectivity index (χ0n) is 13.6. The van der Waals surface area contributed by atoms with Crippen LogP contribution in [-0.2, 0) is 16.6 Å². The lowest BCUT2D eigenvalue weighted by Gasteiger charge is -2.34. The summed E-state index contributed by atoms with van der Waals surface area (Å²) in [5.74, 6) is -0.555. The highest BCUT2D eigenvalue weighted by Gasteiger charge is 2.28. The van der Waals surface area contributed by atoms with E-state index in [1.54, 1.807) is 12.1 Å². The van der Waals surface area contributed by atoms with Crippen LogP contribution in [-0.4, -0.2) is 43.8 Å². The van der Waals surface area contributed by atoms with Gasteiger partial charge >= 0.3 is 0 Å². The molecule has 1 aliphatic heterocycles. The molecule has 0 amide bonds. The van der Waals surface area contributed by atoms with E-state index in [2.05, 4.69) is 11.0 Å². The highest BCUT2D eigenvalue weighted by atomic mass is 32.2. The number of hydrogen-bond donors (Lipinski definition) is 0. The third-order valence-electron chi connectivity index (χ3n) is 4.25. The van der Waals surface area contributed by atoms with Crippen molar-refractivity contribution in [1.29, 1.82) is 5.26 Å². The van der Waals surface area contributed by atoms with Crippen LogP contribution in [0.3, 0.4) is 0 Å². The maximum Gasteiger partial charge on any atom is 0.243 e. The number of rotatable bonds is 4. The highest BCUT2D eigenvalue weighted by Crippen LogP contribution is 2.19. The SMILES string of the molecule is N#Cc1ccc(CN2CCN(S(=O)(=O)c3cccc(F)c3)CC2)cc1. The maximum atomic E-state index is 13.3. The Bertz CT molecular complexity index is 883. The molecule has 7 heteroatoms. The van der Waals surface area contributed by atoms with Crippen molar-refractivity contribution in [3.63, 3.8) is 0 Å². The number of hydrogen-bond acceptors (Lipinski definition) is 4. The number of halogens is 1. The first-order chi connectivity index (χ1) is 12.0. The molecule has 0 unspecified atom stereocenters. The van der Waals surface area contributed by atoms with E-state index in [0.717, 1.165) is 11.6 Å². The number of sulfonamides is 1. The molecule has 0 aliphatic carbocycles. The summed E-state index contributed by atoms with van der Waals surface area (Å²) in [5.41, 5.74) is 1.70. The van der Waals surface area contributed by atoms with E-state index in [1.807, 2.05) is 12.1 Å². The summed E-state index contributed by atoms with van der Waals surface area (Å²) in [7, 11) is -3.66. The molecule has 25 heavy (non-hydrogen) atoms. The van der Waals surface area contributed by atoms with Crippen molar-refractivity contribution in [2.45, 2.75) is 11.4 Å². The van der Waals surface area contributed by atoms with Crippen LogP contribution in [0.25, 0.3) is 0 Å². The molecule has 1 saturated heterocycles. The molecule has 0 radical (unpaired) electrons. The standard InChI is InChI=1S/C18H18FN3O2S/c19-17-2-1-3-18(12-17)25(23,24)22-10-8-21(9-11-22)14-16-6-4-15(13-20)5-7-16/h1-7,12H,8-11,14H2. The van der Waals surface area contributed by atoms with E-state index in [4.69, 9.17) is 5.26 Å². The lowest BCUT2D eigenvalue weighted by molar-refractivity contribution is 0.181. The molecule has 130 valence electrons. The summed E-state index contributed by atoms with van der Waals surface area (Å²) >= 11 is 0. The minimum atomic E-state index is -3.66. The van der Waals surface area contributed by atoms with Gasteiger partial charge < -0.3 is 0 Å². The van der Waals surface area contributed by atoms with Crippen LogP contribution in [0.2, 0.25) is 0 Å². The Balaban J connectivity index is 1.62. The Labute approximate surface area is 147 Å². The van der Waals surface area contributed by atoms with Gasteiger partial charge in [-0.15, -0.1) is 0 Å². The fourth-order valence-corrected chi connectivity index (χ4v) is 4.30. The van der Waals surface area contributed by atoms with E-state index < -0.39 is 15.8 Å². The number of benzene rings is 2. The van der Waals surface area contributed by atoms with Crippen LogP contribution in [0.15, 0.2) is 53.4 Å². The number of nitrogens with zero attached hydrogens (tertiary/aromatic N) is 3. The molecule has 2 aromatic rings. The van der Waals surface area contributed by atoms with Gasteiger partial charge in [-0.05, 0) is 35.9 Å². The predicted octanol–water partition coefficient (Wildman–Crippen LogP) is 2.20. The van der Waals surface area contributed by atoms with Crippen LogP contribution < -0.4 is 0 Å². The van der Waals surface area contributed by atoms with Gasteiger partial charge in [-0.1, -0.05) is 18.2 Å². The van der Waals surface area contributed by atoms with Gasteiger partial charge in [0.15, 0.2) is 0 Å². The average Bonchev–Trinajstić information content (AvgIpc) is 2.63. The molecule has 2 aromatic carbocycles. The minimum Gasteiger partial charge on any atom is -0.296 e. The van der Waals surface area contributed by atoms with Crippen molar-refractivity contribution in [3.8, 4) is 6.07 Å². The first-order valence-electron chi connectivity index (χ1n) is 7.96. The quantitative estimate of drug-likeness (QED) is 0.840. The van der Waals surface area contributed by atoms with Crippen molar-refractivity contribution in [3.05, 3.63) is 65.5 Å². The molecule has 5 nitrogen and oxygen atoms in total. The predicted molar refractivity (Wildman–Crippen MR) is 91.6 cm³/mol. The van der Waals surface area contributed by atoms with Gasteiger partial charge in [-0.25, -0.2) is 12.8 Å². The minimum absolute atomic E-state index is 0.00644. The van der Waals surface area contributed by atoms with E-state index in [1.165, 1.54) is 22.5 Å². The van der Waals surface area contributed by atoms with Crippen molar-refractivity contribution in [1.82, 2.24) is 9.21 Å². The first kappa shape index (κ1) is 17.5. The summed E-state index contributed by atoms with van der Waals surface area (Å²) < 4.78 is 39.9. The fraction of sp³-hybridized carbons (Fsp3) is 0.278. The van der Waals surface area contributed by atoms with Gasteiger partial charge in [0.2, 0.25) is 10.0 Å². The molecular formula is C18H18FN3O2S. The summed E-state index contributed by atoms with van der Waals surface area (Å²) in [5, 5.41) is 8.82. The second kappa shape index (κ2) is 7.31. The molecule has 0 aromatic heterocycles. The zero-order chi connectivity index (χ0) is 17.9. The molecule has 0 spiro atoms. The van der Waals surface area contributed by atoms with Gasteiger partial charge in [0.1, 0.15) is 5.82 Å². The maximum absolute atomic E-state index is 13.3. The van der Waals surface area contributed by atoms with Crippen molar-refractivity contribution in [2.75, 3.05) is 26.2 Å². The van der Waals surface area contributed by atoms with Crippen LogP contribution >= 0.6 is 0 Å². The third kappa shape index (κ3) is 4.04. The van der Waals surface area contributed by atoms with E-state index in [-0.39, 0.29) is 4.90 Å². The Kier molecular flexibility index (Phi) is 5.13. The second-order valence-electron chi connectivity index (χ2n) is 5.95. The van der Waals surface area contributed by atoms with Gasteiger partial charge in [-0.3, -0.25) is 4.90 Å².